The molecule has 2 heterocycles. The number of rotatable bonds is 4. The summed E-state index contributed by atoms with van der Waals surface area (Å²) in [5.74, 6) is 1.21. The molecule has 6 nitrogen and oxygen atoms in total. The monoisotopic (exact) mass is 265 g/mol. The summed E-state index contributed by atoms with van der Waals surface area (Å²) in [7, 11) is 0. The molecule has 1 fully saturated rings. The van der Waals surface area contributed by atoms with E-state index < -0.39 is 0 Å². The van der Waals surface area contributed by atoms with Gasteiger partial charge < -0.3 is 15.2 Å². The maximum absolute atomic E-state index is 11.8. The van der Waals surface area contributed by atoms with Gasteiger partial charge in [0.05, 0.1) is 19.8 Å². The minimum atomic E-state index is -0.0810. The van der Waals surface area contributed by atoms with Gasteiger partial charge in [-0.15, -0.1) is 0 Å². The highest BCUT2D eigenvalue weighted by Gasteiger charge is 2.21. The number of aliphatic hydroxyl groups is 1. The first-order valence-electron chi connectivity index (χ1n) is 6.34. The first-order chi connectivity index (χ1) is 9.10. The molecule has 1 amide bonds. The zero-order valence-corrected chi connectivity index (χ0v) is 11.2. The zero-order valence-electron chi connectivity index (χ0n) is 11.2. The van der Waals surface area contributed by atoms with Crippen LogP contribution in [0.15, 0.2) is 12.1 Å². The van der Waals surface area contributed by atoms with Crippen LogP contribution >= 0.6 is 0 Å². The highest BCUT2D eigenvalue weighted by atomic mass is 16.5. The Labute approximate surface area is 112 Å². The molecule has 104 valence electrons. The van der Waals surface area contributed by atoms with E-state index in [0.717, 1.165) is 5.56 Å². The van der Waals surface area contributed by atoms with E-state index in [0.29, 0.717) is 24.8 Å². The van der Waals surface area contributed by atoms with Gasteiger partial charge in [0.25, 0.3) is 5.91 Å². The Morgan fingerprint density at radius 1 is 1.58 bits per heavy atom. The van der Waals surface area contributed by atoms with Crippen molar-refractivity contribution >= 4 is 17.5 Å². The van der Waals surface area contributed by atoms with Gasteiger partial charge in [0.2, 0.25) is 0 Å². The second kappa shape index (κ2) is 5.99. The van der Waals surface area contributed by atoms with Crippen LogP contribution in [0.1, 0.15) is 12.5 Å². The number of carbonyl (C=O) groups is 1. The number of anilines is 2. The third-order valence-electron chi connectivity index (χ3n) is 2.89. The Balaban J connectivity index is 2.22. The van der Waals surface area contributed by atoms with E-state index in [2.05, 4.69) is 10.3 Å². The van der Waals surface area contributed by atoms with E-state index in [1.807, 2.05) is 26.0 Å². The molecule has 2 N–H and O–H groups in total. The summed E-state index contributed by atoms with van der Waals surface area (Å²) in [5.41, 5.74) is 1.01. The minimum Gasteiger partial charge on any atom is -0.394 e. The fourth-order valence-electron chi connectivity index (χ4n) is 1.92. The number of aryl methyl sites for hydroxylation is 1. The Hall–Kier alpha value is -1.66. The molecular weight excluding hydrogens is 246 g/mol. The number of aromatic nitrogens is 1. The lowest BCUT2D eigenvalue weighted by atomic mass is 10.2. The van der Waals surface area contributed by atoms with Crippen molar-refractivity contribution in [1.29, 1.82) is 0 Å². The van der Waals surface area contributed by atoms with Crippen molar-refractivity contribution in [2.24, 2.45) is 0 Å². The largest absolute Gasteiger partial charge is 0.394 e. The van der Waals surface area contributed by atoms with E-state index in [4.69, 9.17) is 9.84 Å². The fourth-order valence-corrected chi connectivity index (χ4v) is 1.92. The van der Waals surface area contributed by atoms with E-state index in [9.17, 15) is 4.79 Å². The normalized spacial score (nSPS) is 17.4. The number of nitrogens with one attached hydrogen (secondary N) is 1. The van der Waals surface area contributed by atoms with Crippen LogP contribution in [0.4, 0.5) is 11.6 Å². The molecule has 1 saturated heterocycles. The minimum absolute atomic E-state index is 0.0292. The van der Waals surface area contributed by atoms with Crippen molar-refractivity contribution < 1.29 is 14.6 Å². The summed E-state index contributed by atoms with van der Waals surface area (Å²) in [6.07, 6.45) is 0. The molecule has 6 heteroatoms. The molecule has 0 spiro atoms. The topological polar surface area (TPSA) is 74.7 Å². The number of morpholine rings is 1. The number of hydrogen-bond acceptors (Lipinski definition) is 5. The molecule has 19 heavy (non-hydrogen) atoms. The smallest absolute Gasteiger partial charge is 0.254 e. The summed E-state index contributed by atoms with van der Waals surface area (Å²) in [6, 6.07) is 3.68. The van der Waals surface area contributed by atoms with E-state index in [1.54, 1.807) is 4.90 Å². The summed E-state index contributed by atoms with van der Waals surface area (Å²) >= 11 is 0. The van der Waals surface area contributed by atoms with E-state index in [1.165, 1.54) is 0 Å². The van der Waals surface area contributed by atoms with Crippen LogP contribution < -0.4 is 10.2 Å². The number of hydrogen-bond donors (Lipinski definition) is 2. The second-order valence-electron chi connectivity index (χ2n) is 4.71. The lowest BCUT2D eigenvalue weighted by molar-refractivity contribution is -0.125. The van der Waals surface area contributed by atoms with Crippen LogP contribution in [0, 0.1) is 6.92 Å². The van der Waals surface area contributed by atoms with Crippen LogP contribution in [0.3, 0.4) is 0 Å². The van der Waals surface area contributed by atoms with Gasteiger partial charge in [-0.05, 0) is 31.5 Å². The van der Waals surface area contributed by atoms with Gasteiger partial charge in [0.1, 0.15) is 18.2 Å². The van der Waals surface area contributed by atoms with Crippen LogP contribution in [0.2, 0.25) is 0 Å². The lowest BCUT2D eigenvalue weighted by Gasteiger charge is -2.26. The fraction of sp³-hybridized carbons (Fsp3) is 0.538. The Bertz CT molecular complexity index is 464. The van der Waals surface area contributed by atoms with Gasteiger partial charge in [0, 0.05) is 6.04 Å². The molecule has 0 aliphatic carbocycles. The molecule has 0 saturated carbocycles. The quantitative estimate of drug-likeness (QED) is 0.831. The van der Waals surface area contributed by atoms with Crippen molar-refractivity contribution in [2.75, 3.05) is 36.6 Å². The molecule has 1 aromatic rings. The number of nitrogens with zero attached hydrogens (tertiary/aromatic N) is 2. The Morgan fingerprint density at radius 3 is 3.05 bits per heavy atom. The molecule has 2 rings (SSSR count). The van der Waals surface area contributed by atoms with Crippen molar-refractivity contribution in [3.63, 3.8) is 0 Å². The van der Waals surface area contributed by atoms with Crippen LogP contribution in [-0.4, -0.2) is 48.4 Å². The molecule has 1 atom stereocenters. The van der Waals surface area contributed by atoms with E-state index >= 15 is 0 Å². The predicted molar refractivity (Wildman–Crippen MR) is 72.3 cm³/mol. The average Bonchev–Trinajstić information content (AvgIpc) is 2.38. The number of pyridine rings is 1. The van der Waals surface area contributed by atoms with E-state index in [-0.39, 0.29) is 25.2 Å². The van der Waals surface area contributed by atoms with Crippen molar-refractivity contribution in [3.05, 3.63) is 17.7 Å². The Kier molecular flexibility index (Phi) is 4.34. The van der Waals surface area contributed by atoms with Crippen LogP contribution in [0.5, 0.6) is 0 Å². The third kappa shape index (κ3) is 3.42. The van der Waals surface area contributed by atoms with Gasteiger partial charge in [-0.25, -0.2) is 4.98 Å². The first kappa shape index (κ1) is 13.8. The Morgan fingerprint density at radius 2 is 2.37 bits per heavy atom. The highest BCUT2D eigenvalue weighted by Crippen LogP contribution is 2.19. The maximum atomic E-state index is 11.8. The molecule has 1 aliphatic heterocycles. The number of ether oxygens (including phenoxy) is 1. The molecule has 1 aliphatic rings. The van der Waals surface area contributed by atoms with Crippen molar-refractivity contribution in [2.45, 2.75) is 19.9 Å². The lowest BCUT2D eigenvalue weighted by Crippen LogP contribution is -2.42. The number of aliphatic hydroxyl groups excluding tert-OH is 1. The summed E-state index contributed by atoms with van der Waals surface area (Å²) in [6.45, 7) is 4.99. The van der Waals surface area contributed by atoms with Gasteiger partial charge >= 0.3 is 0 Å². The number of amides is 1. The molecular formula is C13H19N3O3. The van der Waals surface area contributed by atoms with Crippen molar-refractivity contribution in [1.82, 2.24) is 4.98 Å². The van der Waals surface area contributed by atoms with Gasteiger partial charge in [-0.2, -0.15) is 0 Å². The SMILES string of the molecule is Cc1cc(N[C@H](C)CO)nc(N2CCOCC2=O)c1. The summed E-state index contributed by atoms with van der Waals surface area (Å²) in [4.78, 5) is 17.8. The van der Waals surface area contributed by atoms with Crippen LogP contribution in [-0.2, 0) is 9.53 Å². The predicted octanol–water partition coefficient (Wildman–Crippen LogP) is 0.546. The van der Waals surface area contributed by atoms with Gasteiger partial charge in [-0.1, -0.05) is 0 Å². The number of carbonyl (C=O) groups excluding carboxylic acids is 1. The standard InChI is InChI=1S/C13H19N3O3/c1-9-5-11(14-10(2)7-17)15-12(6-9)16-3-4-19-8-13(16)18/h5-6,10,17H,3-4,7-8H2,1-2H3,(H,14,15)/t10-/m1/s1. The average molecular weight is 265 g/mol. The summed E-state index contributed by atoms with van der Waals surface area (Å²) < 4.78 is 5.11. The first-order valence-corrected chi connectivity index (χ1v) is 6.34. The second-order valence-corrected chi connectivity index (χ2v) is 4.71. The van der Waals surface area contributed by atoms with Gasteiger partial charge in [-0.3, -0.25) is 9.69 Å². The molecule has 1 aromatic heterocycles. The summed E-state index contributed by atoms with van der Waals surface area (Å²) in [5, 5.41) is 12.2. The molecule has 0 radical (unpaired) electrons. The molecule has 0 unspecified atom stereocenters. The zero-order chi connectivity index (χ0) is 13.8. The van der Waals surface area contributed by atoms with Gasteiger partial charge in [0.15, 0.2) is 0 Å². The molecule has 0 bridgehead atoms. The molecule has 0 aromatic carbocycles. The maximum Gasteiger partial charge on any atom is 0.254 e. The van der Waals surface area contributed by atoms with Crippen molar-refractivity contribution in [3.8, 4) is 0 Å². The third-order valence-corrected chi connectivity index (χ3v) is 2.89. The highest BCUT2D eigenvalue weighted by molar-refractivity contribution is 5.94. The van der Waals surface area contributed by atoms with Crippen LogP contribution in [0.25, 0.3) is 0 Å².